The third kappa shape index (κ3) is 5.79. The van der Waals surface area contributed by atoms with Crippen LogP contribution in [0.2, 0.25) is 5.02 Å². The molecule has 5 nitrogen and oxygen atoms in total. The van der Waals surface area contributed by atoms with Gasteiger partial charge >= 0.3 is 12.0 Å². The van der Waals surface area contributed by atoms with E-state index in [-0.39, 0.29) is 19.0 Å². The largest absolute Gasteiger partial charge is 0.481 e. The average molecular weight is 364 g/mol. The minimum Gasteiger partial charge on any atom is -0.481 e. The van der Waals surface area contributed by atoms with Gasteiger partial charge < -0.3 is 15.3 Å². The van der Waals surface area contributed by atoms with Gasteiger partial charge in [-0.05, 0) is 30.2 Å². The van der Waals surface area contributed by atoms with E-state index in [0.29, 0.717) is 18.0 Å². The van der Waals surface area contributed by atoms with Crippen LogP contribution in [0.3, 0.4) is 0 Å². The first-order valence-electron chi connectivity index (χ1n) is 6.05. The number of urea groups is 1. The second-order valence-corrected chi connectivity index (χ2v) is 5.57. The van der Waals surface area contributed by atoms with Gasteiger partial charge in [-0.3, -0.25) is 4.79 Å². The predicted molar refractivity (Wildman–Crippen MR) is 81.1 cm³/mol. The molecule has 1 aromatic rings. The Bertz CT molecular complexity index is 497. The van der Waals surface area contributed by atoms with Gasteiger partial charge in [0.2, 0.25) is 0 Å². The van der Waals surface area contributed by atoms with E-state index in [1.807, 2.05) is 12.1 Å². The maximum absolute atomic E-state index is 11.7. The molecule has 0 aliphatic heterocycles. The smallest absolute Gasteiger partial charge is 0.317 e. The molecule has 0 aliphatic rings. The third-order valence-electron chi connectivity index (χ3n) is 2.69. The number of benzene rings is 1. The Morgan fingerprint density at radius 2 is 2.15 bits per heavy atom. The summed E-state index contributed by atoms with van der Waals surface area (Å²) in [5, 5.41) is 11.9. The minimum atomic E-state index is -0.924. The first kappa shape index (κ1) is 16.8. The van der Waals surface area contributed by atoms with Crippen LogP contribution in [-0.2, 0) is 11.2 Å². The number of nitrogens with one attached hydrogen (secondary N) is 1. The summed E-state index contributed by atoms with van der Waals surface area (Å²) in [5.41, 5.74) is 1.01. The van der Waals surface area contributed by atoms with Crippen LogP contribution in [0.1, 0.15) is 12.0 Å². The highest BCUT2D eigenvalue weighted by atomic mass is 79.9. The molecule has 20 heavy (non-hydrogen) atoms. The van der Waals surface area contributed by atoms with Gasteiger partial charge in [-0.15, -0.1) is 0 Å². The van der Waals surface area contributed by atoms with Crippen molar-refractivity contribution in [3.05, 3.63) is 33.3 Å². The van der Waals surface area contributed by atoms with E-state index in [1.54, 1.807) is 13.1 Å². The summed E-state index contributed by atoms with van der Waals surface area (Å²) in [6.07, 6.45) is 0.573. The summed E-state index contributed by atoms with van der Waals surface area (Å²) in [6.45, 7) is 0.636. The van der Waals surface area contributed by atoms with Gasteiger partial charge in [0.05, 0.1) is 6.42 Å². The summed E-state index contributed by atoms with van der Waals surface area (Å²) in [7, 11) is 1.56. The van der Waals surface area contributed by atoms with Gasteiger partial charge in [-0.25, -0.2) is 4.79 Å². The summed E-state index contributed by atoms with van der Waals surface area (Å²) >= 11 is 9.33. The fourth-order valence-corrected chi connectivity index (χ4v) is 2.18. The van der Waals surface area contributed by atoms with E-state index in [0.717, 1.165) is 10.0 Å². The van der Waals surface area contributed by atoms with Crippen molar-refractivity contribution in [1.82, 2.24) is 10.2 Å². The van der Waals surface area contributed by atoms with Crippen molar-refractivity contribution in [3.8, 4) is 0 Å². The Morgan fingerprint density at radius 1 is 1.45 bits per heavy atom. The number of halogens is 2. The number of hydrogen-bond donors (Lipinski definition) is 2. The number of amides is 2. The number of rotatable bonds is 6. The van der Waals surface area contributed by atoms with Gasteiger partial charge in [-0.1, -0.05) is 27.5 Å². The van der Waals surface area contributed by atoms with Crippen LogP contribution < -0.4 is 5.32 Å². The zero-order chi connectivity index (χ0) is 15.1. The predicted octanol–water partition coefficient (Wildman–Crippen LogP) is 2.76. The lowest BCUT2D eigenvalue weighted by molar-refractivity contribution is -0.137. The van der Waals surface area contributed by atoms with Crippen LogP contribution in [0.15, 0.2) is 22.7 Å². The molecule has 0 fully saturated rings. The Kier molecular flexibility index (Phi) is 6.81. The highest BCUT2D eigenvalue weighted by Gasteiger charge is 2.09. The molecule has 0 aromatic heterocycles. The van der Waals surface area contributed by atoms with Crippen molar-refractivity contribution >= 4 is 39.5 Å². The number of carbonyl (C=O) groups is 2. The first-order chi connectivity index (χ1) is 9.40. The van der Waals surface area contributed by atoms with E-state index in [1.165, 1.54) is 4.90 Å². The zero-order valence-corrected chi connectivity index (χ0v) is 13.4. The summed E-state index contributed by atoms with van der Waals surface area (Å²) in [4.78, 5) is 23.4. The van der Waals surface area contributed by atoms with E-state index in [9.17, 15) is 9.59 Å². The Labute approximate surface area is 131 Å². The van der Waals surface area contributed by atoms with Crippen LogP contribution >= 0.6 is 27.5 Å². The summed E-state index contributed by atoms with van der Waals surface area (Å²) in [5.74, 6) is -0.924. The van der Waals surface area contributed by atoms with Crippen molar-refractivity contribution in [2.45, 2.75) is 12.8 Å². The summed E-state index contributed by atoms with van der Waals surface area (Å²) in [6, 6.07) is 5.20. The molecule has 0 atom stereocenters. The Morgan fingerprint density at radius 3 is 2.80 bits per heavy atom. The van der Waals surface area contributed by atoms with E-state index < -0.39 is 5.97 Å². The van der Waals surface area contributed by atoms with Gasteiger partial charge in [0.1, 0.15) is 0 Å². The maximum Gasteiger partial charge on any atom is 0.317 e. The molecule has 1 rings (SSSR count). The lowest BCUT2D eigenvalue weighted by Gasteiger charge is -2.17. The lowest BCUT2D eigenvalue weighted by atomic mass is 10.1. The molecule has 0 heterocycles. The second kappa shape index (κ2) is 8.11. The molecule has 110 valence electrons. The highest BCUT2D eigenvalue weighted by molar-refractivity contribution is 9.10. The lowest BCUT2D eigenvalue weighted by Crippen LogP contribution is -2.39. The van der Waals surface area contributed by atoms with Crippen LogP contribution in [0.4, 0.5) is 4.79 Å². The molecule has 7 heteroatoms. The number of carbonyl (C=O) groups excluding carboxylic acids is 1. The van der Waals surface area contributed by atoms with Crippen molar-refractivity contribution in [2.75, 3.05) is 20.1 Å². The number of carboxylic acids is 1. The molecular formula is C13H16BrClN2O3. The van der Waals surface area contributed by atoms with Gasteiger partial charge in [-0.2, -0.15) is 0 Å². The van der Waals surface area contributed by atoms with Crippen molar-refractivity contribution in [1.29, 1.82) is 0 Å². The molecule has 0 spiro atoms. The van der Waals surface area contributed by atoms with E-state index in [4.69, 9.17) is 16.7 Å². The number of carboxylic acid groups (broad SMARTS) is 1. The average Bonchev–Trinajstić information content (AvgIpc) is 2.39. The number of hydrogen-bond acceptors (Lipinski definition) is 2. The number of nitrogens with zero attached hydrogens (tertiary/aromatic N) is 1. The standard InChI is InChI=1S/C13H16BrClN2O3/c1-17(7-5-12(18)19)13(20)16-6-4-9-8-10(15)2-3-11(9)14/h2-3,8H,4-7H2,1H3,(H,16,20)(H,18,19). The fraction of sp³-hybridized carbons (Fsp3) is 0.385. The van der Waals surface area contributed by atoms with Crippen LogP contribution in [-0.4, -0.2) is 42.1 Å². The van der Waals surface area contributed by atoms with Crippen LogP contribution in [0.25, 0.3) is 0 Å². The summed E-state index contributed by atoms with van der Waals surface area (Å²) < 4.78 is 0.940. The third-order valence-corrected chi connectivity index (χ3v) is 3.69. The normalized spacial score (nSPS) is 10.2. The fourth-order valence-electron chi connectivity index (χ4n) is 1.54. The molecule has 0 radical (unpaired) electrons. The molecule has 0 aliphatic carbocycles. The SMILES string of the molecule is CN(CCC(=O)O)C(=O)NCCc1cc(Cl)ccc1Br. The molecule has 0 bridgehead atoms. The minimum absolute atomic E-state index is 0.0657. The zero-order valence-electron chi connectivity index (χ0n) is 11.0. The maximum atomic E-state index is 11.7. The van der Waals surface area contributed by atoms with Crippen molar-refractivity contribution in [2.24, 2.45) is 0 Å². The molecule has 0 saturated heterocycles. The molecular weight excluding hydrogens is 348 g/mol. The molecule has 2 amide bonds. The second-order valence-electron chi connectivity index (χ2n) is 4.28. The quantitative estimate of drug-likeness (QED) is 0.816. The Balaban J connectivity index is 2.38. The van der Waals surface area contributed by atoms with E-state index in [2.05, 4.69) is 21.2 Å². The van der Waals surface area contributed by atoms with Gasteiger partial charge in [0.25, 0.3) is 0 Å². The van der Waals surface area contributed by atoms with Crippen LogP contribution in [0.5, 0.6) is 0 Å². The van der Waals surface area contributed by atoms with Crippen molar-refractivity contribution < 1.29 is 14.7 Å². The van der Waals surface area contributed by atoms with Gasteiger partial charge in [0, 0.05) is 29.6 Å². The number of aliphatic carboxylic acids is 1. The highest BCUT2D eigenvalue weighted by Crippen LogP contribution is 2.21. The Hall–Kier alpha value is -1.27. The van der Waals surface area contributed by atoms with Crippen molar-refractivity contribution in [3.63, 3.8) is 0 Å². The topological polar surface area (TPSA) is 69.6 Å². The monoisotopic (exact) mass is 362 g/mol. The van der Waals surface area contributed by atoms with Gasteiger partial charge in [0.15, 0.2) is 0 Å². The molecule has 2 N–H and O–H groups in total. The first-order valence-corrected chi connectivity index (χ1v) is 7.22. The van der Waals surface area contributed by atoms with Crippen LogP contribution in [0, 0.1) is 0 Å². The molecule has 1 aromatic carbocycles. The molecule has 0 unspecified atom stereocenters. The van der Waals surface area contributed by atoms with E-state index >= 15 is 0 Å². The molecule has 0 saturated carbocycles.